The molecule has 25 heavy (non-hydrogen) atoms. The van der Waals surface area contributed by atoms with Gasteiger partial charge < -0.3 is 15.4 Å². The molecule has 6 heteroatoms. The van der Waals surface area contributed by atoms with Crippen LogP contribution in [0.25, 0.3) is 0 Å². The van der Waals surface area contributed by atoms with Gasteiger partial charge in [-0.3, -0.25) is 4.79 Å². The van der Waals surface area contributed by atoms with Gasteiger partial charge in [-0.2, -0.15) is 0 Å². The highest BCUT2D eigenvalue weighted by Crippen LogP contribution is 2.24. The third-order valence-corrected chi connectivity index (χ3v) is 4.32. The highest BCUT2D eigenvalue weighted by atomic mass is 35.5. The first-order valence-corrected chi connectivity index (χ1v) is 8.02. The van der Waals surface area contributed by atoms with E-state index in [0.29, 0.717) is 19.7 Å². The SMILES string of the molecule is Cc1ccc(C(N)C(=O)N2CCOC(c3ccc(F)cc3)C2)cc1.Cl. The number of carbonyl (C=O) groups excluding carboxylic acids is 1. The third kappa shape index (κ3) is 4.57. The van der Waals surface area contributed by atoms with E-state index in [1.54, 1.807) is 17.0 Å². The molecule has 0 bridgehead atoms. The molecule has 4 nitrogen and oxygen atoms in total. The minimum Gasteiger partial charge on any atom is -0.370 e. The number of carbonyl (C=O) groups is 1. The second kappa shape index (κ2) is 8.43. The average Bonchev–Trinajstić information content (AvgIpc) is 2.62. The molecule has 0 aliphatic carbocycles. The van der Waals surface area contributed by atoms with Crippen molar-refractivity contribution >= 4 is 18.3 Å². The van der Waals surface area contributed by atoms with E-state index in [-0.39, 0.29) is 30.2 Å². The van der Waals surface area contributed by atoms with Gasteiger partial charge >= 0.3 is 0 Å². The van der Waals surface area contributed by atoms with Gasteiger partial charge in [0.1, 0.15) is 18.0 Å². The molecule has 1 fully saturated rings. The quantitative estimate of drug-likeness (QED) is 0.910. The molecule has 1 aliphatic heterocycles. The summed E-state index contributed by atoms with van der Waals surface area (Å²) < 4.78 is 18.8. The van der Waals surface area contributed by atoms with Crippen LogP contribution in [0.3, 0.4) is 0 Å². The Hall–Kier alpha value is -1.95. The Kier molecular flexibility index (Phi) is 6.53. The van der Waals surface area contributed by atoms with Crippen LogP contribution in [0, 0.1) is 12.7 Å². The van der Waals surface area contributed by atoms with Crippen LogP contribution in [0.4, 0.5) is 4.39 Å². The maximum atomic E-state index is 13.1. The lowest BCUT2D eigenvalue weighted by atomic mass is 10.0. The molecule has 0 radical (unpaired) electrons. The smallest absolute Gasteiger partial charge is 0.244 e. The second-order valence-corrected chi connectivity index (χ2v) is 6.08. The summed E-state index contributed by atoms with van der Waals surface area (Å²) >= 11 is 0. The number of nitrogens with zero attached hydrogens (tertiary/aromatic N) is 1. The number of ether oxygens (including phenoxy) is 1. The highest BCUT2D eigenvalue weighted by Gasteiger charge is 2.29. The van der Waals surface area contributed by atoms with Crippen molar-refractivity contribution in [2.24, 2.45) is 5.73 Å². The van der Waals surface area contributed by atoms with Crippen molar-refractivity contribution in [1.29, 1.82) is 0 Å². The van der Waals surface area contributed by atoms with Crippen LogP contribution in [0.5, 0.6) is 0 Å². The molecule has 0 aromatic heterocycles. The fraction of sp³-hybridized carbons (Fsp3) is 0.316. The first kappa shape index (κ1) is 19.4. The summed E-state index contributed by atoms with van der Waals surface area (Å²) in [5.74, 6) is -0.404. The van der Waals surface area contributed by atoms with Gasteiger partial charge in [0.05, 0.1) is 13.2 Å². The summed E-state index contributed by atoms with van der Waals surface area (Å²) in [4.78, 5) is 14.4. The summed E-state index contributed by atoms with van der Waals surface area (Å²) in [6, 6.07) is 13.2. The molecule has 1 heterocycles. The average molecular weight is 365 g/mol. The summed E-state index contributed by atoms with van der Waals surface area (Å²) in [6.45, 7) is 3.36. The van der Waals surface area contributed by atoms with Crippen molar-refractivity contribution in [2.75, 3.05) is 19.7 Å². The van der Waals surface area contributed by atoms with Crippen LogP contribution in [-0.2, 0) is 9.53 Å². The molecule has 0 spiro atoms. The number of nitrogens with two attached hydrogens (primary N) is 1. The van der Waals surface area contributed by atoms with Crippen LogP contribution >= 0.6 is 12.4 Å². The van der Waals surface area contributed by atoms with E-state index >= 15 is 0 Å². The van der Waals surface area contributed by atoms with E-state index in [4.69, 9.17) is 10.5 Å². The van der Waals surface area contributed by atoms with Crippen LogP contribution in [0.2, 0.25) is 0 Å². The van der Waals surface area contributed by atoms with Gasteiger partial charge in [0.15, 0.2) is 0 Å². The van der Waals surface area contributed by atoms with Crippen LogP contribution in [0.1, 0.15) is 28.8 Å². The Balaban J connectivity index is 0.00000225. The largest absolute Gasteiger partial charge is 0.370 e. The van der Waals surface area contributed by atoms with E-state index in [0.717, 1.165) is 16.7 Å². The number of morpholine rings is 1. The minimum atomic E-state index is -0.683. The first-order chi connectivity index (χ1) is 11.5. The van der Waals surface area contributed by atoms with Crippen LogP contribution in [-0.4, -0.2) is 30.5 Å². The van der Waals surface area contributed by atoms with Crippen LogP contribution in [0.15, 0.2) is 48.5 Å². The van der Waals surface area contributed by atoms with E-state index in [1.807, 2.05) is 31.2 Å². The predicted octanol–water partition coefficient (Wildman–Crippen LogP) is 3.16. The van der Waals surface area contributed by atoms with E-state index < -0.39 is 6.04 Å². The molecular weight excluding hydrogens is 343 g/mol. The number of hydrogen-bond acceptors (Lipinski definition) is 3. The van der Waals surface area contributed by atoms with Crippen molar-refractivity contribution in [3.05, 3.63) is 71.0 Å². The van der Waals surface area contributed by atoms with E-state index in [2.05, 4.69) is 0 Å². The van der Waals surface area contributed by atoms with Gasteiger partial charge in [0.25, 0.3) is 0 Å². The van der Waals surface area contributed by atoms with Gasteiger partial charge in [-0.15, -0.1) is 12.4 Å². The number of halogens is 2. The third-order valence-electron chi connectivity index (χ3n) is 4.32. The normalized spacial score (nSPS) is 18.4. The zero-order valence-electron chi connectivity index (χ0n) is 14.0. The molecule has 0 saturated carbocycles. The monoisotopic (exact) mass is 364 g/mol. The number of hydrogen-bond donors (Lipinski definition) is 1. The lowest BCUT2D eigenvalue weighted by Crippen LogP contribution is -2.46. The zero-order chi connectivity index (χ0) is 17.1. The number of amides is 1. The van der Waals surface area contributed by atoms with E-state index in [1.165, 1.54) is 12.1 Å². The van der Waals surface area contributed by atoms with Gasteiger partial charge in [0, 0.05) is 6.54 Å². The van der Waals surface area contributed by atoms with Gasteiger partial charge in [-0.05, 0) is 30.2 Å². The molecule has 2 N–H and O–H groups in total. The van der Waals surface area contributed by atoms with Crippen molar-refractivity contribution in [1.82, 2.24) is 4.90 Å². The van der Waals surface area contributed by atoms with Crippen molar-refractivity contribution < 1.29 is 13.9 Å². The summed E-state index contributed by atoms with van der Waals surface area (Å²) in [7, 11) is 0. The van der Waals surface area contributed by atoms with Gasteiger partial charge in [-0.1, -0.05) is 42.0 Å². The Labute approximate surface area is 153 Å². The Morgan fingerprint density at radius 1 is 1.20 bits per heavy atom. The van der Waals surface area contributed by atoms with Crippen LogP contribution < -0.4 is 5.73 Å². The molecule has 1 amide bonds. The number of benzene rings is 2. The predicted molar refractivity (Wildman–Crippen MR) is 97.0 cm³/mol. The first-order valence-electron chi connectivity index (χ1n) is 8.02. The summed E-state index contributed by atoms with van der Waals surface area (Å²) in [5, 5.41) is 0. The zero-order valence-corrected chi connectivity index (χ0v) is 14.8. The fourth-order valence-corrected chi connectivity index (χ4v) is 2.84. The number of aryl methyl sites for hydroxylation is 1. The number of rotatable bonds is 3. The molecular formula is C19H22ClFN2O2. The molecule has 2 aromatic carbocycles. The Morgan fingerprint density at radius 3 is 2.48 bits per heavy atom. The molecule has 1 saturated heterocycles. The van der Waals surface area contributed by atoms with Crippen molar-refractivity contribution in [3.63, 3.8) is 0 Å². The molecule has 2 unspecified atom stereocenters. The topological polar surface area (TPSA) is 55.6 Å². The summed E-state index contributed by atoms with van der Waals surface area (Å²) in [5.41, 5.74) is 8.93. The summed E-state index contributed by atoms with van der Waals surface area (Å²) in [6.07, 6.45) is -0.256. The molecule has 2 aromatic rings. The van der Waals surface area contributed by atoms with Crippen molar-refractivity contribution in [3.8, 4) is 0 Å². The standard InChI is InChI=1S/C19H21FN2O2.ClH/c1-13-2-4-15(5-3-13)18(21)19(23)22-10-11-24-17(12-22)14-6-8-16(20)9-7-14;/h2-9,17-18H,10-12,21H2,1H3;1H. The maximum Gasteiger partial charge on any atom is 0.244 e. The maximum absolute atomic E-state index is 13.1. The van der Waals surface area contributed by atoms with Crippen molar-refractivity contribution in [2.45, 2.75) is 19.1 Å². The lowest BCUT2D eigenvalue weighted by molar-refractivity contribution is -0.140. The fourth-order valence-electron chi connectivity index (χ4n) is 2.84. The van der Waals surface area contributed by atoms with E-state index in [9.17, 15) is 9.18 Å². The Bertz CT molecular complexity index is 706. The lowest BCUT2D eigenvalue weighted by Gasteiger charge is -2.34. The minimum absolute atomic E-state index is 0. The van der Waals surface area contributed by atoms with Gasteiger partial charge in [-0.25, -0.2) is 4.39 Å². The molecule has 1 aliphatic rings. The second-order valence-electron chi connectivity index (χ2n) is 6.08. The Morgan fingerprint density at radius 2 is 1.84 bits per heavy atom. The molecule has 3 rings (SSSR count). The molecule has 2 atom stereocenters. The highest BCUT2D eigenvalue weighted by molar-refractivity contribution is 5.85. The van der Waals surface area contributed by atoms with Gasteiger partial charge in [0.2, 0.25) is 5.91 Å². The molecule has 134 valence electrons.